The number of aromatic nitrogens is 5. The van der Waals surface area contributed by atoms with E-state index in [0.29, 0.717) is 11.6 Å². The van der Waals surface area contributed by atoms with Gasteiger partial charge in [0.2, 0.25) is 0 Å². The first-order valence-corrected chi connectivity index (χ1v) is 8.83. The maximum absolute atomic E-state index is 6.10. The van der Waals surface area contributed by atoms with E-state index >= 15 is 0 Å². The molecule has 4 aromatic rings. The van der Waals surface area contributed by atoms with Gasteiger partial charge in [-0.25, -0.2) is 9.97 Å². The number of hydrogen-bond acceptors (Lipinski definition) is 4. The van der Waals surface area contributed by atoms with Crippen molar-refractivity contribution in [3.63, 3.8) is 0 Å². The van der Waals surface area contributed by atoms with Crippen LogP contribution in [-0.4, -0.2) is 25.1 Å². The predicted octanol–water partition coefficient (Wildman–Crippen LogP) is 4.41. The second-order valence-corrected chi connectivity index (χ2v) is 7.62. The zero-order valence-electron chi connectivity index (χ0n) is 15.6. The van der Waals surface area contributed by atoms with Crippen molar-refractivity contribution in [2.45, 2.75) is 26.2 Å². The smallest absolute Gasteiger partial charge is 0.141 e. The maximum atomic E-state index is 6.10. The number of benzene rings is 1. The Morgan fingerprint density at radius 1 is 0.889 bits per heavy atom. The van der Waals surface area contributed by atoms with Crippen LogP contribution in [-0.2, 0) is 5.41 Å². The lowest BCUT2D eigenvalue weighted by molar-refractivity contribution is 0.590. The number of rotatable bonds is 3. The van der Waals surface area contributed by atoms with Gasteiger partial charge in [0.25, 0.3) is 0 Å². The van der Waals surface area contributed by atoms with Crippen molar-refractivity contribution in [2.75, 3.05) is 5.73 Å². The number of nitrogen functional groups attached to an aromatic ring is 1. The normalized spacial score (nSPS) is 11.7. The van der Waals surface area contributed by atoms with Crippen LogP contribution in [0.5, 0.6) is 0 Å². The molecule has 4 rings (SSSR count). The number of nitrogens with zero attached hydrogens (tertiary/aromatic N) is 3. The summed E-state index contributed by atoms with van der Waals surface area (Å²) in [5, 5.41) is 6.79. The Morgan fingerprint density at radius 3 is 2.33 bits per heavy atom. The number of anilines is 1. The van der Waals surface area contributed by atoms with Crippen molar-refractivity contribution in [3.8, 4) is 33.8 Å². The van der Waals surface area contributed by atoms with Crippen molar-refractivity contribution in [1.82, 2.24) is 25.1 Å². The zero-order chi connectivity index (χ0) is 19.0. The summed E-state index contributed by atoms with van der Waals surface area (Å²) in [6.07, 6.45) is 7.13. The van der Waals surface area contributed by atoms with Gasteiger partial charge in [-0.3, -0.25) is 5.10 Å². The molecule has 6 nitrogen and oxygen atoms in total. The van der Waals surface area contributed by atoms with Crippen LogP contribution in [0, 0.1) is 0 Å². The van der Waals surface area contributed by atoms with Gasteiger partial charge in [-0.2, -0.15) is 5.10 Å². The molecule has 0 aliphatic carbocycles. The van der Waals surface area contributed by atoms with Gasteiger partial charge in [0.1, 0.15) is 11.6 Å². The molecule has 0 saturated carbocycles. The number of H-pyrrole nitrogens is 2. The van der Waals surface area contributed by atoms with Crippen molar-refractivity contribution >= 4 is 5.82 Å². The maximum Gasteiger partial charge on any atom is 0.141 e. The molecule has 0 bridgehead atoms. The van der Waals surface area contributed by atoms with Crippen molar-refractivity contribution in [1.29, 1.82) is 0 Å². The third-order valence-electron chi connectivity index (χ3n) is 4.64. The Hall–Kier alpha value is -3.41. The van der Waals surface area contributed by atoms with Gasteiger partial charge in [-0.05, 0) is 22.6 Å². The zero-order valence-corrected chi connectivity index (χ0v) is 15.6. The summed E-state index contributed by atoms with van der Waals surface area (Å²) in [5.74, 6) is 1.13. The van der Waals surface area contributed by atoms with Gasteiger partial charge < -0.3 is 10.7 Å². The highest BCUT2D eigenvalue weighted by Crippen LogP contribution is 2.30. The molecule has 0 saturated heterocycles. The Kier molecular flexibility index (Phi) is 4.03. The predicted molar refractivity (Wildman–Crippen MR) is 108 cm³/mol. The van der Waals surface area contributed by atoms with Crippen LogP contribution in [0.4, 0.5) is 5.82 Å². The van der Waals surface area contributed by atoms with E-state index in [4.69, 9.17) is 5.73 Å². The van der Waals surface area contributed by atoms with Gasteiger partial charge >= 0.3 is 0 Å². The number of aromatic amines is 2. The number of imidazole rings is 1. The monoisotopic (exact) mass is 358 g/mol. The first kappa shape index (κ1) is 17.0. The van der Waals surface area contributed by atoms with Crippen molar-refractivity contribution in [2.24, 2.45) is 0 Å². The molecule has 0 atom stereocenters. The first-order chi connectivity index (χ1) is 12.9. The number of nitrogens with two attached hydrogens (primary N) is 1. The van der Waals surface area contributed by atoms with E-state index < -0.39 is 0 Å². The van der Waals surface area contributed by atoms with E-state index in [1.807, 2.05) is 18.5 Å². The van der Waals surface area contributed by atoms with Crippen LogP contribution in [0.15, 0.2) is 55.1 Å². The number of nitrogens with one attached hydrogen (secondary N) is 2. The summed E-state index contributed by atoms with van der Waals surface area (Å²) < 4.78 is 0. The molecule has 0 radical (unpaired) electrons. The minimum Gasteiger partial charge on any atom is -0.383 e. The molecule has 0 aliphatic heterocycles. The highest BCUT2D eigenvalue weighted by Gasteiger charge is 2.15. The Bertz CT molecular complexity index is 1050. The summed E-state index contributed by atoms with van der Waals surface area (Å²) >= 11 is 0. The van der Waals surface area contributed by atoms with E-state index in [1.165, 1.54) is 5.56 Å². The minimum atomic E-state index is 0.130. The molecule has 6 heteroatoms. The lowest BCUT2D eigenvalue weighted by Gasteiger charge is -2.18. The molecule has 0 unspecified atom stereocenters. The minimum absolute atomic E-state index is 0.130. The van der Waals surface area contributed by atoms with Crippen molar-refractivity contribution < 1.29 is 0 Å². The van der Waals surface area contributed by atoms with Crippen LogP contribution in [0.1, 0.15) is 26.3 Å². The van der Waals surface area contributed by atoms with Crippen LogP contribution in [0.2, 0.25) is 0 Å². The van der Waals surface area contributed by atoms with Crippen LogP contribution < -0.4 is 5.73 Å². The van der Waals surface area contributed by atoms with Gasteiger partial charge in [0, 0.05) is 23.5 Å². The molecule has 136 valence electrons. The standard InChI is InChI=1S/C21H22N6/c1-21(2,3)16-6-4-13(5-7-16)18-12-24-20(27-18)17-8-14(9-23-19(17)22)15-10-25-26-11-15/h4-12H,1-3H3,(H2,22,23)(H,24,27)(H,25,26). The molecule has 0 amide bonds. The Morgan fingerprint density at radius 2 is 1.67 bits per heavy atom. The summed E-state index contributed by atoms with van der Waals surface area (Å²) in [6.45, 7) is 6.62. The van der Waals surface area contributed by atoms with E-state index in [2.05, 4.69) is 70.2 Å². The van der Waals surface area contributed by atoms with E-state index in [9.17, 15) is 0 Å². The molecule has 0 spiro atoms. The third-order valence-corrected chi connectivity index (χ3v) is 4.64. The summed E-state index contributed by atoms with van der Waals surface area (Å²) in [7, 11) is 0. The Labute approximate surface area is 157 Å². The van der Waals surface area contributed by atoms with Crippen LogP contribution in [0.25, 0.3) is 33.8 Å². The molecular weight excluding hydrogens is 336 g/mol. The largest absolute Gasteiger partial charge is 0.383 e. The molecule has 1 aromatic carbocycles. The van der Waals surface area contributed by atoms with E-state index in [0.717, 1.165) is 27.9 Å². The summed E-state index contributed by atoms with van der Waals surface area (Å²) in [4.78, 5) is 12.2. The topological polar surface area (TPSA) is 96.3 Å². The van der Waals surface area contributed by atoms with Crippen LogP contribution >= 0.6 is 0 Å². The second kappa shape index (κ2) is 6.39. The number of hydrogen-bond donors (Lipinski definition) is 3. The molecule has 27 heavy (non-hydrogen) atoms. The quantitative estimate of drug-likeness (QED) is 0.505. The first-order valence-electron chi connectivity index (χ1n) is 8.83. The summed E-state index contributed by atoms with van der Waals surface area (Å²) in [5.41, 5.74) is 12.2. The lowest BCUT2D eigenvalue weighted by Crippen LogP contribution is -2.10. The van der Waals surface area contributed by atoms with Gasteiger partial charge in [0.15, 0.2) is 0 Å². The average Bonchev–Trinajstić information content (AvgIpc) is 3.34. The SMILES string of the molecule is CC(C)(C)c1ccc(-c2cnc(-c3cc(-c4cn[nH]c4)cnc3N)[nH]2)cc1. The lowest BCUT2D eigenvalue weighted by atomic mass is 9.86. The van der Waals surface area contributed by atoms with E-state index in [1.54, 1.807) is 12.4 Å². The van der Waals surface area contributed by atoms with Gasteiger partial charge in [-0.15, -0.1) is 0 Å². The van der Waals surface area contributed by atoms with E-state index in [-0.39, 0.29) is 5.41 Å². The molecule has 3 aromatic heterocycles. The summed E-state index contributed by atoms with van der Waals surface area (Å²) in [6, 6.07) is 10.5. The highest BCUT2D eigenvalue weighted by molar-refractivity contribution is 5.76. The molecule has 4 N–H and O–H groups in total. The molecular formula is C21H22N6. The fourth-order valence-electron chi connectivity index (χ4n) is 2.99. The third kappa shape index (κ3) is 3.33. The number of pyridine rings is 1. The molecule has 0 fully saturated rings. The van der Waals surface area contributed by atoms with Crippen LogP contribution in [0.3, 0.4) is 0 Å². The fraction of sp³-hybridized carbons (Fsp3) is 0.190. The Balaban J connectivity index is 1.68. The molecule has 3 heterocycles. The fourth-order valence-corrected chi connectivity index (χ4v) is 2.99. The highest BCUT2D eigenvalue weighted by atomic mass is 15.1. The van der Waals surface area contributed by atoms with Crippen molar-refractivity contribution in [3.05, 3.63) is 60.7 Å². The molecule has 0 aliphatic rings. The average molecular weight is 358 g/mol. The van der Waals surface area contributed by atoms with Gasteiger partial charge in [0.05, 0.1) is 23.7 Å². The van der Waals surface area contributed by atoms with Gasteiger partial charge in [-0.1, -0.05) is 45.0 Å². The second-order valence-electron chi connectivity index (χ2n) is 7.62.